The molecular formula is C13H20O. The average molecular weight is 192 g/mol. The van der Waals surface area contributed by atoms with Crippen LogP contribution >= 0.6 is 0 Å². The smallest absolute Gasteiger partial charge is 0.158 e. The van der Waals surface area contributed by atoms with E-state index < -0.39 is 0 Å². The third-order valence-electron chi connectivity index (χ3n) is 2.84. The Hall–Kier alpha value is -0.850. The number of rotatable bonds is 3. The van der Waals surface area contributed by atoms with Crippen molar-refractivity contribution in [3.63, 3.8) is 0 Å². The molecule has 0 amide bonds. The van der Waals surface area contributed by atoms with Gasteiger partial charge in [0, 0.05) is 6.42 Å². The molecule has 1 unspecified atom stereocenters. The van der Waals surface area contributed by atoms with E-state index >= 15 is 0 Å². The number of hydrogen-bond donors (Lipinski definition) is 0. The van der Waals surface area contributed by atoms with Gasteiger partial charge in [-0.1, -0.05) is 18.7 Å². The van der Waals surface area contributed by atoms with E-state index in [-0.39, 0.29) is 5.78 Å². The van der Waals surface area contributed by atoms with Crippen LogP contribution in [0, 0.1) is 5.92 Å². The molecule has 78 valence electrons. The van der Waals surface area contributed by atoms with Gasteiger partial charge in [-0.15, -0.1) is 0 Å². The summed E-state index contributed by atoms with van der Waals surface area (Å²) in [5.74, 6) is 0.837. The third-order valence-corrected chi connectivity index (χ3v) is 2.84. The standard InChI is InChI=1S/C13H20O/c1-11(2)13(14)10-12-8-6-4-3-5-7-9-12/h3-4,12H,1,5-10H2,2H3/b4-3-. The first-order valence-electron chi connectivity index (χ1n) is 5.54. The van der Waals surface area contributed by atoms with Gasteiger partial charge in [-0.05, 0) is 50.5 Å². The van der Waals surface area contributed by atoms with Gasteiger partial charge in [0.15, 0.2) is 5.78 Å². The highest BCUT2D eigenvalue weighted by atomic mass is 16.1. The Kier molecular flexibility index (Phi) is 4.64. The first-order valence-corrected chi connectivity index (χ1v) is 5.54. The number of carbonyl (C=O) groups is 1. The summed E-state index contributed by atoms with van der Waals surface area (Å²) >= 11 is 0. The zero-order valence-electron chi connectivity index (χ0n) is 9.09. The van der Waals surface area contributed by atoms with Crippen molar-refractivity contribution < 1.29 is 4.79 Å². The Labute approximate surface area is 86.9 Å². The summed E-state index contributed by atoms with van der Waals surface area (Å²) in [6, 6.07) is 0. The molecule has 0 fully saturated rings. The van der Waals surface area contributed by atoms with E-state index in [2.05, 4.69) is 18.7 Å². The second kappa shape index (κ2) is 5.79. The molecule has 0 aromatic heterocycles. The van der Waals surface area contributed by atoms with Crippen LogP contribution in [0.3, 0.4) is 0 Å². The van der Waals surface area contributed by atoms with Gasteiger partial charge in [-0.3, -0.25) is 4.79 Å². The van der Waals surface area contributed by atoms with Crippen LogP contribution in [0.4, 0.5) is 0 Å². The normalized spacial score (nSPS) is 24.8. The van der Waals surface area contributed by atoms with Crippen LogP contribution in [-0.4, -0.2) is 5.78 Å². The molecule has 0 aromatic rings. The summed E-state index contributed by atoms with van der Waals surface area (Å²) < 4.78 is 0. The Balaban J connectivity index is 2.39. The van der Waals surface area contributed by atoms with Gasteiger partial charge >= 0.3 is 0 Å². The quantitative estimate of drug-likeness (QED) is 0.492. The van der Waals surface area contributed by atoms with Crippen LogP contribution in [0.2, 0.25) is 0 Å². The van der Waals surface area contributed by atoms with E-state index in [4.69, 9.17) is 0 Å². The van der Waals surface area contributed by atoms with Gasteiger partial charge < -0.3 is 0 Å². The Morgan fingerprint density at radius 1 is 1.36 bits per heavy atom. The van der Waals surface area contributed by atoms with Gasteiger partial charge in [0.25, 0.3) is 0 Å². The number of hydrogen-bond acceptors (Lipinski definition) is 1. The molecule has 1 aliphatic carbocycles. The van der Waals surface area contributed by atoms with Crippen molar-refractivity contribution in [2.45, 2.75) is 45.4 Å². The molecule has 0 N–H and O–H groups in total. The average Bonchev–Trinajstić information content (AvgIpc) is 2.08. The molecule has 0 saturated carbocycles. The van der Waals surface area contributed by atoms with Crippen molar-refractivity contribution in [1.29, 1.82) is 0 Å². The van der Waals surface area contributed by atoms with Crippen LogP contribution in [0.25, 0.3) is 0 Å². The summed E-state index contributed by atoms with van der Waals surface area (Å²) in [5, 5.41) is 0. The van der Waals surface area contributed by atoms with Crippen LogP contribution in [0.15, 0.2) is 24.3 Å². The van der Waals surface area contributed by atoms with Gasteiger partial charge in [0.05, 0.1) is 0 Å². The fraction of sp³-hybridized carbons (Fsp3) is 0.615. The summed E-state index contributed by atoms with van der Waals surface area (Å²) in [6.07, 6.45) is 11.1. The summed E-state index contributed by atoms with van der Waals surface area (Å²) in [4.78, 5) is 11.5. The molecular weight excluding hydrogens is 172 g/mol. The SMILES string of the molecule is C=C(C)C(=O)CC1CC/C=C\CCC1. The molecule has 0 saturated heterocycles. The Bertz CT molecular complexity index is 238. The van der Waals surface area contributed by atoms with Crippen LogP contribution in [0.1, 0.15) is 45.4 Å². The van der Waals surface area contributed by atoms with Crippen LogP contribution in [0.5, 0.6) is 0 Å². The number of carbonyl (C=O) groups excluding carboxylic acids is 1. The minimum atomic E-state index is 0.250. The minimum absolute atomic E-state index is 0.250. The third kappa shape index (κ3) is 3.91. The Morgan fingerprint density at radius 3 is 2.79 bits per heavy atom. The number of ketones is 1. The molecule has 0 radical (unpaired) electrons. The fourth-order valence-corrected chi connectivity index (χ4v) is 1.88. The minimum Gasteiger partial charge on any atom is -0.295 e. The van der Waals surface area contributed by atoms with Crippen molar-refractivity contribution in [3.05, 3.63) is 24.3 Å². The second-order valence-electron chi connectivity index (χ2n) is 4.25. The molecule has 1 heteroatoms. The second-order valence-corrected chi connectivity index (χ2v) is 4.25. The first kappa shape index (κ1) is 11.2. The molecule has 0 aromatic carbocycles. The summed E-state index contributed by atoms with van der Waals surface area (Å²) in [7, 11) is 0. The van der Waals surface area contributed by atoms with Crippen molar-refractivity contribution >= 4 is 5.78 Å². The van der Waals surface area contributed by atoms with E-state index in [1.54, 1.807) is 0 Å². The maximum absolute atomic E-state index is 11.5. The van der Waals surface area contributed by atoms with Gasteiger partial charge in [0.1, 0.15) is 0 Å². The lowest BCUT2D eigenvalue weighted by Crippen LogP contribution is -2.09. The molecule has 0 spiro atoms. The highest BCUT2D eigenvalue weighted by Gasteiger charge is 2.14. The lowest BCUT2D eigenvalue weighted by molar-refractivity contribution is -0.116. The van der Waals surface area contributed by atoms with Crippen molar-refractivity contribution in [2.75, 3.05) is 0 Å². The number of Topliss-reactive ketones (excluding diaryl/α,β-unsaturated/α-hetero) is 1. The fourth-order valence-electron chi connectivity index (χ4n) is 1.88. The monoisotopic (exact) mass is 192 g/mol. The zero-order chi connectivity index (χ0) is 10.4. The van der Waals surface area contributed by atoms with Crippen LogP contribution in [-0.2, 0) is 4.79 Å². The van der Waals surface area contributed by atoms with E-state index in [0.717, 1.165) is 12.8 Å². The molecule has 1 atom stereocenters. The Morgan fingerprint density at radius 2 is 2.07 bits per heavy atom. The molecule has 0 heterocycles. The van der Waals surface area contributed by atoms with Gasteiger partial charge in [-0.25, -0.2) is 0 Å². The van der Waals surface area contributed by atoms with Crippen molar-refractivity contribution in [1.82, 2.24) is 0 Å². The van der Waals surface area contributed by atoms with Crippen molar-refractivity contribution in [2.24, 2.45) is 5.92 Å². The molecule has 1 aliphatic rings. The molecule has 1 rings (SSSR count). The van der Waals surface area contributed by atoms with Gasteiger partial charge in [-0.2, -0.15) is 0 Å². The largest absolute Gasteiger partial charge is 0.295 e. The topological polar surface area (TPSA) is 17.1 Å². The maximum Gasteiger partial charge on any atom is 0.158 e. The molecule has 0 bridgehead atoms. The lowest BCUT2D eigenvalue weighted by Gasteiger charge is -2.16. The number of allylic oxidation sites excluding steroid dienone is 3. The molecule has 1 nitrogen and oxygen atoms in total. The maximum atomic E-state index is 11.5. The zero-order valence-corrected chi connectivity index (χ0v) is 9.09. The summed E-state index contributed by atoms with van der Waals surface area (Å²) in [6.45, 7) is 5.51. The highest BCUT2D eigenvalue weighted by Crippen LogP contribution is 2.22. The highest BCUT2D eigenvalue weighted by molar-refractivity contribution is 5.94. The predicted octanol–water partition coefficient (Wildman–Crippen LogP) is 3.66. The van der Waals surface area contributed by atoms with E-state index in [9.17, 15) is 4.79 Å². The first-order chi connectivity index (χ1) is 6.70. The lowest BCUT2D eigenvalue weighted by atomic mass is 9.89. The van der Waals surface area contributed by atoms with E-state index in [0.29, 0.717) is 17.9 Å². The predicted molar refractivity (Wildman–Crippen MR) is 60.2 cm³/mol. The van der Waals surface area contributed by atoms with Crippen molar-refractivity contribution in [3.8, 4) is 0 Å². The van der Waals surface area contributed by atoms with E-state index in [1.807, 2.05) is 6.92 Å². The van der Waals surface area contributed by atoms with Gasteiger partial charge in [0.2, 0.25) is 0 Å². The van der Waals surface area contributed by atoms with E-state index in [1.165, 1.54) is 19.3 Å². The van der Waals surface area contributed by atoms with Crippen LogP contribution < -0.4 is 0 Å². The molecule has 0 aliphatic heterocycles. The molecule has 14 heavy (non-hydrogen) atoms. The summed E-state index contributed by atoms with van der Waals surface area (Å²) in [5.41, 5.74) is 0.711.